The molecule has 1 atom stereocenters. The Kier molecular flexibility index (Phi) is 3.94. The van der Waals surface area contributed by atoms with Crippen molar-refractivity contribution in [3.63, 3.8) is 0 Å². The van der Waals surface area contributed by atoms with Crippen LogP contribution in [0.1, 0.15) is 18.7 Å². The molecule has 0 aliphatic carbocycles. The Morgan fingerprint density at radius 2 is 2.38 bits per heavy atom. The van der Waals surface area contributed by atoms with E-state index in [1.165, 1.54) is 11.0 Å². The molecule has 21 heavy (non-hydrogen) atoms. The molecule has 112 valence electrons. The molecule has 0 aromatic carbocycles. The number of aromatic nitrogens is 6. The monoisotopic (exact) mass is 289 g/mol. The van der Waals surface area contributed by atoms with Crippen molar-refractivity contribution in [3.05, 3.63) is 24.5 Å². The Morgan fingerprint density at radius 1 is 1.48 bits per heavy atom. The third-order valence-electron chi connectivity index (χ3n) is 3.94. The molecule has 0 saturated carbocycles. The van der Waals surface area contributed by atoms with E-state index in [9.17, 15) is 4.79 Å². The van der Waals surface area contributed by atoms with Gasteiger partial charge in [-0.05, 0) is 36.1 Å². The fourth-order valence-corrected chi connectivity index (χ4v) is 2.81. The maximum atomic E-state index is 12.3. The van der Waals surface area contributed by atoms with Crippen LogP contribution in [-0.4, -0.2) is 53.7 Å². The van der Waals surface area contributed by atoms with Gasteiger partial charge in [0.25, 0.3) is 0 Å². The summed E-state index contributed by atoms with van der Waals surface area (Å²) in [4.78, 5) is 18.4. The van der Waals surface area contributed by atoms with E-state index >= 15 is 0 Å². The van der Waals surface area contributed by atoms with Gasteiger partial charge in [-0.25, -0.2) is 9.67 Å². The molecule has 0 bridgehead atoms. The van der Waals surface area contributed by atoms with Gasteiger partial charge in [0.1, 0.15) is 18.7 Å². The predicted molar refractivity (Wildman–Crippen MR) is 74.1 cm³/mol. The summed E-state index contributed by atoms with van der Waals surface area (Å²) in [5.41, 5.74) is 0. The Bertz CT molecular complexity index is 591. The van der Waals surface area contributed by atoms with Crippen LogP contribution in [0.2, 0.25) is 0 Å². The molecular weight excluding hydrogens is 270 g/mol. The number of imidazole rings is 1. The highest BCUT2D eigenvalue weighted by molar-refractivity contribution is 5.75. The summed E-state index contributed by atoms with van der Waals surface area (Å²) in [6, 6.07) is 0. The lowest BCUT2D eigenvalue weighted by Crippen LogP contribution is -2.42. The van der Waals surface area contributed by atoms with Gasteiger partial charge in [0.05, 0.1) is 0 Å². The SMILES string of the molecule is Cc1nccn1C[C@H]1CCCN(C(=O)Cn2cnnn2)C1. The fourth-order valence-electron chi connectivity index (χ4n) is 2.81. The number of carbonyl (C=O) groups excluding carboxylic acids is 1. The topological polar surface area (TPSA) is 81.7 Å². The lowest BCUT2D eigenvalue weighted by atomic mass is 9.98. The maximum Gasteiger partial charge on any atom is 0.244 e. The molecule has 8 heteroatoms. The molecule has 1 aliphatic heterocycles. The molecule has 1 fully saturated rings. The zero-order valence-corrected chi connectivity index (χ0v) is 12.1. The average molecular weight is 289 g/mol. The number of aryl methyl sites for hydroxylation is 1. The Morgan fingerprint density at radius 3 is 3.10 bits per heavy atom. The van der Waals surface area contributed by atoms with Gasteiger partial charge in [-0.3, -0.25) is 4.79 Å². The van der Waals surface area contributed by atoms with E-state index in [2.05, 4.69) is 25.1 Å². The summed E-state index contributed by atoms with van der Waals surface area (Å²) >= 11 is 0. The normalized spacial score (nSPS) is 18.9. The van der Waals surface area contributed by atoms with E-state index in [4.69, 9.17) is 0 Å². The Hall–Kier alpha value is -2.25. The number of carbonyl (C=O) groups is 1. The summed E-state index contributed by atoms with van der Waals surface area (Å²) in [5, 5.41) is 10.8. The minimum absolute atomic E-state index is 0.0781. The number of amides is 1. The maximum absolute atomic E-state index is 12.3. The van der Waals surface area contributed by atoms with Gasteiger partial charge in [0, 0.05) is 32.0 Å². The van der Waals surface area contributed by atoms with Crippen LogP contribution >= 0.6 is 0 Å². The number of hydrogen-bond acceptors (Lipinski definition) is 5. The Balaban J connectivity index is 1.57. The van der Waals surface area contributed by atoms with Crippen LogP contribution in [0.15, 0.2) is 18.7 Å². The van der Waals surface area contributed by atoms with E-state index in [-0.39, 0.29) is 12.5 Å². The van der Waals surface area contributed by atoms with E-state index in [1.54, 1.807) is 0 Å². The number of piperidine rings is 1. The number of rotatable bonds is 4. The molecule has 0 unspecified atom stereocenters. The summed E-state index contributed by atoms with van der Waals surface area (Å²) in [7, 11) is 0. The molecule has 1 aliphatic rings. The molecule has 8 nitrogen and oxygen atoms in total. The molecule has 2 aromatic rings. The van der Waals surface area contributed by atoms with E-state index in [0.29, 0.717) is 5.92 Å². The summed E-state index contributed by atoms with van der Waals surface area (Å²) in [6.07, 6.45) is 7.47. The number of hydrogen-bond donors (Lipinski definition) is 0. The van der Waals surface area contributed by atoms with Crippen molar-refractivity contribution in [1.29, 1.82) is 0 Å². The van der Waals surface area contributed by atoms with Gasteiger partial charge in [-0.2, -0.15) is 0 Å². The standard InChI is InChI=1S/C13H19N7O/c1-11-14-4-6-18(11)7-12-3-2-5-19(8-12)13(21)9-20-10-15-16-17-20/h4,6,10,12H,2-3,5,7-9H2,1H3/t12-/m1/s1. The molecule has 0 N–H and O–H groups in total. The third-order valence-corrected chi connectivity index (χ3v) is 3.94. The minimum Gasteiger partial charge on any atom is -0.341 e. The first-order valence-electron chi connectivity index (χ1n) is 7.18. The second-order valence-corrected chi connectivity index (χ2v) is 5.48. The van der Waals surface area contributed by atoms with Crippen LogP contribution in [0, 0.1) is 12.8 Å². The van der Waals surface area contributed by atoms with Crippen molar-refractivity contribution in [2.75, 3.05) is 13.1 Å². The van der Waals surface area contributed by atoms with Crippen LogP contribution in [0.25, 0.3) is 0 Å². The van der Waals surface area contributed by atoms with Gasteiger partial charge < -0.3 is 9.47 Å². The molecule has 3 rings (SSSR count). The van der Waals surface area contributed by atoms with Gasteiger partial charge in [-0.1, -0.05) is 0 Å². The van der Waals surface area contributed by atoms with Crippen molar-refractivity contribution in [2.45, 2.75) is 32.9 Å². The molecule has 1 saturated heterocycles. The van der Waals surface area contributed by atoms with Crippen molar-refractivity contribution < 1.29 is 4.79 Å². The highest BCUT2D eigenvalue weighted by atomic mass is 16.2. The van der Waals surface area contributed by atoms with Gasteiger partial charge in [0.2, 0.25) is 5.91 Å². The van der Waals surface area contributed by atoms with Crippen molar-refractivity contribution in [2.24, 2.45) is 5.92 Å². The minimum atomic E-state index is 0.0781. The van der Waals surface area contributed by atoms with E-state index in [0.717, 1.165) is 38.3 Å². The molecule has 2 aromatic heterocycles. The van der Waals surface area contributed by atoms with Crippen molar-refractivity contribution in [1.82, 2.24) is 34.7 Å². The predicted octanol–water partition coefficient (Wildman–Crippen LogP) is 0.117. The molecule has 0 radical (unpaired) electrons. The summed E-state index contributed by atoms with van der Waals surface area (Å²) < 4.78 is 3.62. The lowest BCUT2D eigenvalue weighted by molar-refractivity contribution is -0.134. The van der Waals surface area contributed by atoms with Crippen LogP contribution in [-0.2, 0) is 17.9 Å². The van der Waals surface area contributed by atoms with Crippen LogP contribution < -0.4 is 0 Å². The van der Waals surface area contributed by atoms with Gasteiger partial charge in [-0.15, -0.1) is 5.10 Å². The zero-order chi connectivity index (χ0) is 14.7. The van der Waals surface area contributed by atoms with Crippen molar-refractivity contribution >= 4 is 5.91 Å². The second kappa shape index (κ2) is 6.02. The number of likely N-dealkylation sites (tertiary alicyclic amines) is 1. The first kappa shape index (κ1) is 13.7. The van der Waals surface area contributed by atoms with Gasteiger partial charge >= 0.3 is 0 Å². The molecule has 0 spiro atoms. The summed E-state index contributed by atoms with van der Waals surface area (Å²) in [5.74, 6) is 1.57. The molecule has 1 amide bonds. The quantitative estimate of drug-likeness (QED) is 0.798. The third kappa shape index (κ3) is 3.26. The molecular formula is C13H19N7O. The smallest absolute Gasteiger partial charge is 0.244 e. The fraction of sp³-hybridized carbons (Fsp3) is 0.615. The Labute approximate surface area is 122 Å². The van der Waals surface area contributed by atoms with Crippen molar-refractivity contribution in [3.8, 4) is 0 Å². The van der Waals surface area contributed by atoms with E-state index in [1.807, 2.05) is 24.2 Å². The van der Waals surface area contributed by atoms with Gasteiger partial charge in [0.15, 0.2) is 0 Å². The second-order valence-electron chi connectivity index (χ2n) is 5.48. The lowest BCUT2D eigenvalue weighted by Gasteiger charge is -2.33. The first-order valence-corrected chi connectivity index (χ1v) is 7.18. The van der Waals surface area contributed by atoms with Crippen LogP contribution in [0.3, 0.4) is 0 Å². The molecule has 3 heterocycles. The van der Waals surface area contributed by atoms with E-state index < -0.39 is 0 Å². The number of tetrazole rings is 1. The zero-order valence-electron chi connectivity index (χ0n) is 12.1. The van der Waals surface area contributed by atoms with Crippen LogP contribution in [0.4, 0.5) is 0 Å². The number of nitrogens with zero attached hydrogens (tertiary/aromatic N) is 7. The largest absolute Gasteiger partial charge is 0.341 e. The highest BCUT2D eigenvalue weighted by Gasteiger charge is 2.24. The average Bonchev–Trinajstić information content (AvgIpc) is 3.12. The summed E-state index contributed by atoms with van der Waals surface area (Å²) in [6.45, 7) is 4.74. The highest BCUT2D eigenvalue weighted by Crippen LogP contribution is 2.19. The first-order chi connectivity index (χ1) is 10.2. The van der Waals surface area contributed by atoms with Crippen LogP contribution in [0.5, 0.6) is 0 Å².